The molecule has 1 aliphatic carbocycles. The Hall–Kier alpha value is -2.29. The predicted molar refractivity (Wildman–Crippen MR) is 102 cm³/mol. The number of ether oxygens (including phenoxy) is 1. The van der Waals surface area contributed by atoms with Crippen LogP contribution in [0.25, 0.3) is 0 Å². The van der Waals surface area contributed by atoms with Crippen molar-refractivity contribution in [2.45, 2.75) is 51.4 Å². The molecule has 0 bridgehead atoms. The zero-order valence-corrected chi connectivity index (χ0v) is 15.2. The second-order valence-corrected chi connectivity index (χ2v) is 6.94. The van der Waals surface area contributed by atoms with E-state index in [2.05, 4.69) is 24.4 Å². The Morgan fingerprint density at radius 3 is 2.48 bits per heavy atom. The van der Waals surface area contributed by atoms with E-state index in [1.54, 1.807) is 0 Å². The Labute approximate surface area is 150 Å². The van der Waals surface area contributed by atoms with Crippen LogP contribution >= 0.6 is 0 Å². The topological polar surface area (TPSA) is 38.3 Å². The largest absolute Gasteiger partial charge is 0.493 e. The molecule has 0 heterocycles. The molecule has 1 aliphatic rings. The minimum atomic E-state index is -0.396. The summed E-state index contributed by atoms with van der Waals surface area (Å²) in [6.07, 6.45) is 5.02. The molecule has 1 amide bonds. The van der Waals surface area contributed by atoms with Crippen molar-refractivity contribution in [1.82, 2.24) is 0 Å². The van der Waals surface area contributed by atoms with E-state index in [0.29, 0.717) is 6.61 Å². The van der Waals surface area contributed by atoms with Gasteiger partial charge in [-0.25, -0.2) is 0 Å². The fourth-order valence-corrected chi connectivity index (χ4v) is 3.73. The van der Waals surface area contributed by atoms with Gasteiger partial charge in [0.15, 0.2) is 0 Å². The van der Waals surface area contributed by atoms with Crippen LogP contribution in [0.3, 0.4) is 0 Å². The molecule has 0 spiro atoms. The molecule has 3 rings (SSSR count). The smallest absolute Gasteiger partial charge is 0.235 e. The molecule has 0 atom stereocenters. The molecule has 2 aromatic rings. The molecule has 0 aromatic heterocycles. The van der Waals surface area contributed by atoms with Crippen LogP contribution in [0, 0.1) is 6.92 Å². The monoisotopic (exact) mass is 337 g/mol. The van der Waals surface area contributed by atoms with Crippen molar-refractivity contribution in [3.8, 4) is 5.75 Å². The normalized spacial score (nSPS) is 15.8. The van der Waals surface area contributed by atoms with Gasteiger partial charge in [0.2, 0.25) is 5.91 Å². The molecular weight excluding hydrogens is 310 g/mol. The zero-order valence-electron chi connectivity index (χ0n) is 15.2. The summed E-state index contributed by atoms with van der Waals surface area (Å²) in [4.78, 5) is 13.2. The minimum absolute atomic E-state index is 0.109. The van der Waals surface area contributed by atoms with Crippen molar-refractivity contribution in [2.75, 3.05) is 11.9 Å². The van der Waals surface area contributed by atoms with Crippen LogP contribution in [-0.2, 0) is 10.2 Å². The van der Waals surface area contributed by atoms with Gasteiger partial charge < -0.3 is 10.1 Å². The lowest BCUT2D eigenvalue weighted by molar-refractivity contribution is -0.121. The zero-order chi connectivity index (χ0) is 17.7. The van der Waals surface area contributed by atoms with Gasteiger partial charge in [-0.2, -0.15) is 0 Å². The molecular formula is C22H27NO2. The van der Waals surface area contributed by atoms with Gasteiger partial charge >= 0.3 is 0 Å². The molecule has 1 N–H and O–H groups in total. The molecule has 0 unspecified atom stereocenters. The van der Waals surface area contributed by atoms with E-state index in [1.807, 2.05) is 43.3 Å². The third kappa shape index (κ3) is 3.71. The van der Waals surface area contributed by atoms with Crippen LogP contribution < -0.4 is 10.1 Å². The van der Waals surface area contributed by atoms with E-state index in [0.717, 1.165) is 54.7 Å². The number of anilines is 1. The average Bonchev–Trinajstić information content (AvgIpc) is 3.13. The first-order chi connectivity index (χ1) is 12.2. The van der Waals surface area contributed by atoms with E-state index in [4.69, 9.17) is 4.74 Å². The Morgan fingerprint density at radius 2 is 1.84 bits per heavy atom. The van der Waals surface area contributed by atoms with Crippen molar-refractivity contribution in [3.63, 3.8) is 0 Å². The molecule has 0 saturated heterocycles. The van der Waals surface area contributed by atoms with Gasteiger partial charge in [0.25, 0.3) is 0 Å². The van der Waals surface area contributed by atoms with Crippen LogP contribution in [0.2, 0.25) is 0 Å². The van der Waals surface area contributed by atoms with Crippen LogP contribution in [-0.4, -0.2) is 12.5 Å². The van der Waals surface area contributed by atoms with Crippen molar-refractivity contribution in [2.24, 2.45) is 0 Å². The SMILES string of the molecule is CCCOc1ccc(NC(=O)C2(c3ccccc3)CCCC2)cc1C. The third-order valence-corrected chi connectivity index (χ3v) is 5.11. The lowest BCUT2D eigenvalue weighted by Gasteiger charge is -2.28. The van der Waals surface area contributed by atoms with Gasteiger partial charge in [-0.15, -0.1) is 0 Å². The van der Waals surface area contributed by atoms with E-state index in [1.165, 1.54) is 0 Å². The Bertz CT molecular complexity index is 718. The number of nitrogens with one attached hydrogen (secondary N) is 1. The van der Waals surface area contributed by atoms with Crippen molar-refractivity contribution in [1.29, 1.82) is 0 Å². The number of aryl methyl sites for hydroxylation is 1. The maximum Gasteiger partial charge on any atom is 0.235 e. The van der Waals surface area contributed by atoms with Crippen LogP contribution in [0.15, 0.2) is 48.5 Å². The van der Waals surface area contributed by atoms with E-state index in [9.17, 15) is 4.79 Å². The molecule has 0 radical (unpaired) electrons. The summed E-state index contributed by atoms with van der Waals surface area (Å²) in [5.74, 6) is 0.997. The van der Waals surface area contributed by atoms with E-state index < -0.39 is 5.41 Å². The van der Waals surface area contributed by atoms with Crippen LogP contribution in [0.5, 0.6) is 5.75 Å². The summed E-state index contributed by atoms with van der Waals surface area (Å²) in [6.45, 7) is 4.82. The highest BCUT2D eigenvalue weighted by atomic mass is 16.5. The third-order valence-electron chi connectivity index (χ3n) is 5.11. The summed E-state index contributed by atoms with van der Waals surface area (Å²) in [7, 11) is 0. The first-order valence-electron chi connectivity index (χ1n) is 9.26. The maximum absolute atomic E-state index is 13.2. The Morgan fingerprint density at radius 1 is 1.12 bits per heavy atom. The quantitative estimate of drug-likeness (QED) is 0.783. The number of amides is 1. The summed E-state index contributed by atoms with van der Waals surface area (Å²) >= 11 is 0. The number of hydrogen-bond donors (Lipinski definition) is 1. The molecule has 3 nitrogen and oxygen atoms in total. The summed E-state index contributed by atoms with van der Waals surface area (Å²) in [5.41, 5.74) is 2.62. The lowest BCUT2D eigenvalue weighted by atomic mass is 9.78. The van der Waals surface area contributed by atoms with Gasteiger partial charge in [0.1, 0.15) is 5.75 Å². The summed E-state index contributed by atoms with van der Waals surface area (Å²) < 4.78 is 5.72. The number of hydrogen-bond acceptors (Lipinski definition) is 2. The lowest BCUT2D eigenvalue weighted by Crippen LogP contribution is -2.37. The molecule has 132 valence electrons. The molecule has 0 aliphatic heterocycles. The fourth-order valence-electron chi connectivity index (χ4n) is 3.73. The highest BCUT2D eigenvalue weighted by Crippen LogP contribution is 2.42. The second-order valence-electron chi connectivity index (χ2n) is 6.94. The van der Waals surface area contributed by atoms with Crippen molar-refractivity contribution < 1.29 is 9.53 Å². The number of rotatable bonds is 6. The van der Waals surface area contributed by atoms with Gasteiger partial charge in [0, 0.05) is 5.69 Å². The molecule has 1 saturated carbocycles. The van der Waals surface area contributed by atoms with E-state index >= 15 is 0 Å². The Kier molecular flexibility index (Phi) is 5.42. The first-order valence-corrected chi connectivity index (χ1v) is 9.26. The van der Waals surface area contributed by atoms with Gasteiger partial charge in [-0.1, -0.05) is 50.1 Å². The molecule has 3 heteroatoms. The number of carbonyl (C=O) groups is 1. The molecule has 25 heavy (non-hydrogen) atoms. The van der Waals surface area contributed by atoms with Crippen molar-refractivity contribution in [3.05, 3.63) is 59.7 Å². The highest BCUT2D eigenvalue weighted by molar-refractivity contribution is 5.99. The fraction of sp³-hybridized carbons (Fsp3) is 0.409. The standard InChI is InChI=1S/C22H27NO2/c1-3-15-25-20-12-11-19(16-17(20)2)23-21(24)22(13-7-8-14-22)18-9-5-4-6-10-18/h4-6,9-12,16H,3,7-8,13-15H2,1-2H3,(H,23,24). The minimum Gasteiger partial charge on any atom is -0.493 e. The molecule has 2 aromatic carbocycles. The van der Waals surface area contributed by atoms with Gasteiger partial charge in [0.05, 0.1) is 12.0 Å². The average molecular weight is 337 g/mol. The number of carbonyl (C=O) groups excluding carboxylic acids is 1. The van der Waals surface area contributed by atoms with Crippen molar-refractivity contribution >= 4 is 11.6 Å². The maximum atomic E-state index is 13.2. The van der Waals surface area contributed by atoms with Crippen LogP contribution in [0.4, 0.5) is 5.69 Å². The molecule has 1 fully saturated rings. The predicted octanol–water partition coefficient (Wildman–Crippen LogP) is 5.23. The van der Waals surface area contributed by atoms with E-state index in [-0.39, 0.29) is 5.91 Å². The first kappa shape index (κ1) is 17.5. The van der Waals surface area contributed by atoms with Gasteiger partial charge in [-0.3, -0.25) is 4.79 Å². The highest BCUT2D eigenvalue weighted by Gasteiger charge is 2.42. The number of benzene rings is 2. The van der Waals surface area contributed by atoms with Gasteiger partial charge in [-0.05, 0) is 55.5 Å². The summed E-state index contributed by atoms with van der Waals surface area (Å²) in [6, 6.07) is 16.1. The van der Waals surface area contributed by atoms with Crippen LogP contribution in [0.1, 0.15) is 50.2 Å². The second kappa shape index (κ2) is 7.73. The Balaban J connectivity index is 1.79. The summed E-state index contributed by atoms with van der Waals surface area (Å²) in [5, 5.41) is 3.15.